The van der Waals surface area contributed by atoms with Crippen molar-refractivity contribution in [2.45, 2.75) is 39.5 Å². The first-order valence-electron chi connectivity index (χ1n) is 6.88. The van der Waals surface area contributed by atoms with Crippen molar-refractivity contribution in [2.24, 2.45) is 11.8 Å². The second kappa shape index (κ2) is 5.92. The third-order valence-electron chi connectivity index (χ3n) is 3.96. The first-order chi connectivity index (χ1) is 8.60. The molecule has 0 radical (unpaired) electrons. The van der Waals surface area contributed by atoms with Crippen LogP contribution < -0.4 is 4.90 Å². The van der Waals surface area contributed by atoms with E-state index < -0.39 is 0 Å². The van der Waals surface area contributed by atoms with E-state index in [0.29, 0.717) is 5.88 Å². The minimum Gasteiger partial charge on any atom is -0.357 e. The fourth-order valence-corrected chi connectivity index (χ4v) is 2.91. The summed E-state index contributed by atoms with van der Waals surface area (Å²) in [5.41, 5.74) is 2.24. The number of halogens is 1. The maximum absolute atomic E-state index is 5.93. The van der Waals surface area contributed by atoms with Crippen LogP contribution in [0.15, 0.2) is 12.1 Å². The van der Waals surface area contributed by atoms with Gasteiger partial charge in [-0.2, -0.15) is 0 Å². The Balaban J connectivity index is 2.07. The topological polar surface area (TPSA) is 16.1 Å². The molecule has 100 valence electrons. The Morgan fingerprint density at radius 3 is 2.56 bits per heavy atom. The highest BCUT2D eigenvalue weighted by molar-refractivity contribution is 6.17. The Labute approximate surface area is 115 Å². The largest absolute Gasteiger partial charge is 0.357 e. The molecular formula is C15H23ClN2. The van der Waals surface area contributed by atoms with Crippen LogP contribution in [-0.2, 0) is 5.88 Å². The fourth-order valence-electron chi connectivity index (χ4n) is 2.76. The van der Waals surface area contributed by atoms with E-state index in [1.54, 1.807) is 0 Å². The summed E-state index contributed by atoms with van der Waals surface area (Å²) in [5, 5.41) is 0. The molecule has 18 heavy (non-hydrogen) atoms. The van der Waals surface area contributed by atoms with E-state index in [2.05, 4.69) is 35.9 Å². The predicted octanol–water partition coefficient (Wildman–Crippen LogP) is 4.00. The Hall–Kier alpha value is -0.760. The summed E-state index contributed by atoms with van der Waals surface area (Å²) in [6.45, 7) is 8.95. The van der Waals surface area contributed by atoms with Gasteiger partial charge in [-0.15, -0.1) is 11.6 Å². The number of pyridine rings is 1. The number of hydrogen-bond acceptors (Lipinski definition) is 2. The molecule has 0 amide bonds. The number of rotatable bonds is 3. The molecule has 0 N–H and O–H groups in total. The molecule has 1 fully saturated rings. The molecule has 3 heteroatoms. The zero-order chi connectivity index (χ0) is 13.1. The molecule has 1 aliphatic heterocycles. The Kier molecular flexibility index (Phi) is 4.50. The van der Waals surface area contributed by atoms with Crippen molar-refractivity contribution in [3.63, 3.8) is 0 Å². The lowest BCUT2D eigenvalue weighted by atomic mass is 9.87. The van der Waals surface area contributed by atoms with Crippen molar-refractivity contribution in [2.75, 3.05) is 18.0 Å². The minimum absolute atomic E-state index is 0.568. The van der Waals surface area contributed by atoms with Crippen LogP contribution in [0.25, 0.3) is 0 Å². The zero-order valence-corrected chi connectivity index (χ0v) is 12.4. The van der Waals surface area contributed by atoms with Gasteiger partial charge in [0.2, 0.25) is 0 Å². The van der Waals surface area contributed by atoms with Gasteiger partial charge in [-0.3, -0.25) is 0 Å². The number of aryl methyl sites for hydroxylation is 1. The van der Waals surface area contributed by atoms with Crippen molar-refractivity contribution in [3.05, 3.63) is 23.4 Å². The predicted molar refractivity (Wildman–Crippen MR) is 78.3 cm³/mol. The maximum Gasteiger partial charge on any atom is 0.129 e. The molecule has 0 aromatic carbocycles. The molecule has 0 spiro atoms. The zero-order valence-electron chi connectivity index (χ0n) is 11.6. The second-order valence-corrected chi connectivity index (χ2v) is 5.94. The van der Waals surface area contributed by atoms with Crippen LogP contribution in [0.3, 0.4) is 0 Å². The Morgan fingerprint density at radius 1 is 1.33 bits per heavy atom. The van der Waals surface area contributed by atoms with Crippen LogP contribution in [0, 0.1) is 18.8 Å². The van der Waals surface area contributed by atoms with Crippen LogP contribution in [0.4, 0.5) is 5.82 Å². The molecule has 0 unspecified atom stereocenters. The summed E-state index contributed by atoms with van der Waals surface area (Å²) in [6.07, 6.45) is 2.56. The Morgan fingerprint density at radius 2 is 2.00 bits per heavy atom. The Bertz CT molecular complexity index is 395. The van der Waals surface area contributed by atoms with E-state index in [4.69, 9.17) is 11.6 Å². The second-order valence-electron chi connectivity index (χ2n) is 5.68. The monoisotopic (exact) mass is 266 g/mol. The SMILES string of the molecule is Cc1cc(CCl)cc(N2CCC(C(C)C)CC2)n1. The van der Waals surface area contributed by atoms with Gasteiger partial charge in [0.1, 0.15) is 5.82 Å². The number of piperidine rings is 1. The van der Waals surface area contributed by atoms with Gasteiger partial charge in [0.25, 0.3) is 0 Å². The summed E-state index contributed by atoms with van der Waals surface area (Å²) >= 11 is 5.93. The van der Waals surface area contributed by atoms with Gasteiger partial charge >= 0.3 is 0 Å². The van der Waals surface area contributed by atoms with Gasteiger partial charge in [-0.25, -0.2) is 4.98 Å². The van der Waals surface area contributed by atoms with Crippen molar-refractivity contribution in [3.8, 4) is 0 Å². The van der Waals surface area contributed by atoms with Crippen molar-refractivity contribution >= 4 is 17.4 Å². The van der Waals surface area contributed by atoms with E-state index in [0.717, 1.165) is 36.4 Å². The number of hydrogen-bond donors (Lipinski definition) is 0. The van der Waals surface area contributed by atoms with Gasteiger partial charge < -0.3 is 4.90 Å². The molecular weight excluding hydrogens is 244 g/mol. The van der Waals surface area contributed by atoms with E-state index in [9.17, 15) is 0 Å². The molecule has 1 aliphatic rings. The molecule has 2 heterocycles. The molecule has 0 atom stereocenters. The van der Waals surface area contributed by atoms with Gasteiger partial charge in [-0.1, -0.05) is 13.8 Å². The molecule has 1 saturated heterocycles. The quantitative estimate of drug-likeness (QED) is 0.769. The number of nitrogens with zero attached hydrogens (tertiary/aromatic N) is 2. The molecule has 0 aliphatic carbocycles. The van der Waals surface area contributed by atoms with E-state index in [1.165, 1.54) is 18.4 Å². The normalized spacial score (nSPS) is 17.5. The average Bonchev–Trinajstić information content (AvgIpc) is 2.38. The molecule has 1 aromatic heterocycles. The van der Waals surface area contributed by atoms with Crippen LogP contribution >= 0.6 is 11.6 Å². The minimum atomic E-state index is 0.568. The highest BCUT2D eigenvalue weighted by atomic mass is 35.5. The summed E-state index contributed by atoms with van der Waals surface area (Å²) in [7, 11) is 0. The van der Waals surface area contributed by atoms with E-state index in [-0.39, 0.29) is 0 Å². The lowest BCUT2D eigenvalue weighted by Gasteiger charge is -2.34. The third-order valence-corrected chi connectivity index (χ3v) is 4.27. The van der Waals surface area contributed by atoms with Crippen LogP contribution in [-0.4, -0.2) is 18.1 Å². The number of alkyl halides is 1. The lowest BCUT2D eigenvalue weighted by Crippen LogP contribution is -2.35. The average molecular weight is 267 g/mol. The van der Waals surface area contributed by atoms with Crippen LogP contribution in [0.5, 0.6) is 0 Å². The highest BCUT2D eigenvalue weighted by Gasteiger charge is 2.22. The smallest absolute Gasteiger partial charge is 0.129 e. The summed E-state index contributed by atoms with van der Waals surface area (Å²) in [4.78, 5) is 7.05. The van der Waals surface area contributed by atoms with Gasteiger partial charge in [-0.05, 0) is 49.3 Å². The lowest BCUT2D eigenvalue weighted by molar-refractivity contribution is 0.310. The van der Waals surface area contributed by atoms with Crippen molar-refractivity contribution in [1.29, 1.82) is 0 Å². The first-order valence-corrected chi connectivity index (χ1v) is 7.42. The van der Waals surface area contributed by atoms with Crippen molar-refractivity contribution < 1.29 is 0 Å². The maximum atomic E-state index is 5.93. The summed E-state index contributed by atoms with van der Waals surface area (Å²) < 4.78 is 0. The molecule has 0 bridgehead atoms. The van der Waals surface area contributed by atoms with Gasteiger partial charge in [0, 0.05) is 24.7 Å². The molecule has 0 saturated carbocycles. The molecule has 2 nitrogen and oxygen atoms in total. The van der Waals surface area contributed by atoms with Gasteiger partial charge in [0.15, 0.2) is 0 Å². The first kappa shape index (κ1) is 13.7. The fraction of sp³-hybridized carbons (Fsp3) is 0.667. The molecule has 1 aromatic rings. The van der Waals surface area contributed by atoms with Crippen molar-refractivity contribution in [1.82, 2.24) is 4.98 Å². The number of anilines is 1. The molecule has 2 rings (SSSR count). The van der Waals surface area contributed by atoms with Crippen LogP contribution in [0.1, 0.15) is 37.9 Å². The third kappa shape index (κ3) is 3.17. The van der Waals surface area contributed by atoms with E-state index >= 15 is 0 Å². The standard InChI is InChI=1S/C15H23ClN2/c1-11(2)14-4-6-18(7-5-14)15-9-13(10-16)8-12(3)17-15/h8-9,11,14H,4-7,10H2,1-3H3. The highest BCUT2D eigenvalue weighted by Crippen LogP contribution is 2.27. The summed E-state index contributed by atoms with van der Waals surface area (Å²) in [5.74, 6) is 3.35. The van der Waals surface area contributed by atoms with Gasteiger partial charge in [0.05, 0.1) is 0 Å². The van der Waals surface area contributed by atoms with E-state index in [1.807, 2.05) is 6.92 Å². The van der Waals surface area contributed by atoms with Crippen LogP contribution in [0.2, 0.25) is 0 Å². The number of aromatic nitrogens is 1. The summed E-state index contributed by atoms with van der Waals surface area (Å²) in [6, 6.07) is 4.20.